The monoisotopic (exact) mass is 169 g/mol. The topological polar surface area (TPSA) is 46.0 Å². The summed E-state index contributed by atoms with van der Waals surface area (Å²) in [4.78, 5) is 13.0. The van der Waals surface area contributed by atoms with Crippen LogP contribution in [0.4, 0.5) is 0 Å². The summed E-state index contributed by atoms with van der Waals surface area (Å²) in [6, 6.07) is 0. The van der Waals surface area contributed by atoms with E-state index in [4.69, 9.17) is 4.42 Å². The lowest BCUT2D eigenvalue weighted by Gasteiger charge is -1.94. The Morgan fingerprint density at radius 3 is 2.83 bits per heavy atom. The van der Waals surface area contributed by atoms with Crippen molar-refractivity contribution < 1.29 is 4.42 Å². The average Bonchev–Trinajstić information content (AvgIpc) is 2.45. The zero-order chi connectivity index (χ0) is 8.81. The van der Waals surface area contributed by atoms with Crippen LogP contribution in [-0.4, -0.2) is 4.98 Å². The first-order valence-corrected chi connectivity index (χ1v) is 4.50. The first-order valence-electron chi connectivity index (χ1n) is 4.50. The van der Waals surface area contributed by atoms with E-state index in [1.807, 2.05) is 0 Å². The molecule has 0 saturated heterocycles. The smallest absolute Gasteiger partial charge is 0.413 e. The molecule has 0 radical (unpaired) electrons. The molecular weight excluding hydrogens is 154 g/mol. The Labute approximate surface area is 71.8 Å². The number of H-pyrrole nitrogens is 1. The molecule has 0 aliphatic heterocycles. The van der Waals surface area contributed by atoms with E-state index in [0.29, 0.717) is 0 Å². The predicted octanol–water partition coefficient (Wildman–Crippen LogP) is 2.09. The van der Waals surface area contributed by atoms with Crippen LogP contribution in [0.1, 0.15) is 38.4 Å². The van der Waals surface area contributed by atoms with E-state index in [0.717, 1.165) is 18.6 Å². The normalized spacial score (nSPS) is 10.4. The molecule has 1 rings (SSSR count). The number of nitrogens with one attached hydrogen (secondary N) is 1. The lowest BCUT2D eigenvalue weighted by atomic mass is 10.1. The molecule has 0 atom stereocenters. The van der Waals surface area contributed by atoms with Crippen LogP contribution in [0.15, 0.2) is 15.4 Å². The molecule has 0 amide bonds. The molecule has 1 aromatic rings. The van der Waals surface area contributed by atoms with Gasteiger partial charge in [-0.1, -0.05) is 26.2 Å². The van der Waals surface area contributed by atoms with Crippen LogP contribution >= 0.6 is 0 Å². The molecule has 68 valence electrons. The van der Waals surface area contributed by atoms with Crippen LogP contribution < -0.4 is 5.76 Å². The number of unbranched alkanes of at least 4 members (excludes halogenated alkanes) is 3. The lowest BCUT2D eigenvalue weighted by molar-refractivity contribution is 0.459. The Balaban J connectivity index is 2.20. The Morgan fingerprint density at radius 1 is 1.42 bits per heavy atom. The van der Waals surface area contributed by atoms with Crippen LogP contribution in [0, 0.1) is 0 Å². The molecular formula is C9H15NO2. The number of hydrogen-bond donors (Lipinski definition) is 1. The standard InChI is InChI=1S/C9H15NO2/c1-2-3-4-5-6-8-7-10-9(11)12-8/h7H,2-6H2,1H3,(H,10,11). The van der Waals surface area contributed by atoms with E-state index in [1.165, 1.54) is 19.3 Å². The molecule has 3 heteroatoms. The third-order valence-corrected chi connectivity index (χ3v) is 1.85. The third kappa shape index (κ3) is 2.95. The minimum atomic E-state index is -0.347. The molecule has 1 heterocycles. The van der Waals surface area contributed by atoms with Crippen LogP contribution in [0.5, 0.6) is 0 Å². The molecule has 0 aromatic carbocycles. The predicted molar refractivity (Wildman–Crippen MR) is 47.2 cm³/mol. The van der Waals surface area contributed by atoms with E-state index in [1.54, 1.807) is 6.20 Å². The van der Waals surface area contributed by atoms with Crippen molar-refractivity contribution in [3.8, 4) is 0 Å². The van der Waals surface area contributed by atoms with Crippen molar-refractivity contribution in [2.75, 3.05) is 0 Å². The largest absolute Gasteiger partial charge is 0.416 e. The SMILES string of the molecule is CCCCCCc1c[nH]c(=O)o1. The van der Waals surface area contributed by atoms with Gasteiger partial charge in [0.15, 0.2) is 0 Å². The van der Waals surface area contributed by atoms with Crippen LogP contribution in [0.2, 0.25) is 0 Å². The first kappa shape index (κ1) is 9.10. The van der Waals surface area contributed by atoms with Gasteiger partial charge in [0, 0.05) is 12.6 Å². The highest BCUT2D eigenvalue weighted by molar-refractivity contribution is 4.87. The van der Waals surface area contributed by atoms with Gasteiger partial charge in [-0.3, -0.25) is 4.98 Å². The summed E-state index contributed by atoms with van der Waals surface area (Å²) in [6.07, 6.45) is 7.33. The Morgan fingerprint density at radius 2 is 2.25 bits per heavy atom. The molecule has 12 heavy (non-hydrogen) atoms. The van der Waals surface area contributed by atoms with Crippen molar-refractivity contribution >= 4 is 0 Å². The number of aromatic amines is 1. The van der Waals surface area contributed by atoms with Crippen LogP contribution in [0.25, 0.3) is 0 Å². The lowest BCUT2D eigenvalue weighted by Crippen LogP contribution is -1.93. The number of oxazole rings is 1. The average molecular weight is 169 g/mol. The summed E-state index contributed by atoms with van der Waals surface area (Å²) < 4.78 is 4.85. The van der Waals surface area contributed by atoms with Gasteiger partial charge in [0.2, 0.25) is 0 Å². The highest BCUT2D eigenvalue weighted by atomic mass is 16.4. The minimum Gasteiger partial charge on any atom is -0.413 e. The van der Waals surface area contributed by atoms with Gasteiger partial charge in [-0.05, 0) is 6.42 Å². The number of aromatic nitrogens is 1. The van der Waals surface area contributed by atoms with Gasteiger partial charge >= 0.3 is 5.76 Å². The zero-order valence-corrected chi connectivity index (χ0v) is 7.43. The van der Waals surface area contributed by atoms with Crippen LogP contribution in [-0.2, 0) is 6.42 Å². The maximum absolute atomic E-state index is 10.6. The van der Waals surface area contributed by atoms with Gasteiger partial charge < -0.3 is 4.42 Å². The van der Waals surface area contributed by atoms with Crippen molar-refractivity contribution in [3.63, 3.8) is 0 Å². The molecule has 0 saturated carbocycles. The van der Waals surface area contributed by atoms with E-state index in [9.17, 15) is 4.79 Å². The van der Waals surface area contributed by atoms with Gasteiger partial charge in [0.05, 0.1) is 0 Å². The van der Waals surface area contributed by atoms with Crippen molar-refractivity contribution in [2.45, 2.75) is 39.0 Å². The molecule has 1 aromatic heterocycles. The quantitative estimate of drug-likeness (QED) is 0.686. The molecule has 0 unspecified atom stereocenters. The molecule has 3 nitrogen and oxygen atoms in total. The van der Waals surface area contributed by atoms with E-state index in [-0.39, 0.29) is 5.76 Å². The highest BCUT2D eigenvalue weighted by Gasteiger charge is 1.97. The third-order valence-electron chi connectivity index (χ3n) is 1.85. The Hall–Kier alpha value is -0.990. The molecule has 0 bridgehead atoms. The zero-order valence-electron chi connectivity index (χ0n) is 7.43. The molecule has 0 spiro atoms. The second-order valence-corrected chi connectivity index (χ2v) is 2.96. The van der Waals surface area contributed by atoms with E-state index in [2.05, 4.69) is 11.9 Å². The minimum absolute atomic E-state index is 0.347. The van der Waals surface area contributed by atoms with E-state index >= 15 is 0 Å². The molecule has 0 fully saturated rings. The van der Waals surface area contributed by atoms with Crippen molar-refractivity contribution in [3.05, 3.63) is 22.5 Å². The van der Waals surface area contributed by atoms with Crippen LogP contribution in [0.3, 0.4) is 0 Å². The molecule has 0 aliphatic carbocycles. The maximum Gasteiger partial charge on any atom is 0.416 e. The molecule has 0 aliphatic rings. The summed E-state index contributed by atoms with van der Waals surface area (Å²) in [5.41, 5.74) is 0. The Bertz CT molecular complexity index is 261. The maximum atomic E-state index is 10.6. The van der Waals surface area contributed by atoms with Gasteiger partial charge in [0.1, 0.15) is 5.76 Å². The van der Waals surface area contributed by atoms with E-state index < -0.39 is 0 Å². The van der Waals surface area contributed by atoms with Crippen molar-refractivity contribution in [1.82, 2.24) is 4.98 Å². The second-order valence-electron chi connectivity index (χ2n) is 2.96. The fraction of sp³-hybridized carbons (Fsp3) is 0.667. The highest BCUT2D eigenvalue weighted by Crippen LogP contribution is 2.04. The number of rotatable bonds is 5. The summed E-state index contributed by atoms with van der Waals surface area (Å²) in [7, 11) is 0. The summed E-state index contributed by atoms with van der Waals surface area (Å²) in [6.45, 7) is 2.18. The summed E-state index contributed by atoms with van der Waals surface area (Å²) in [5, 5.41) is 0. The van der Waals surface area contributed by atoms with Crippen molar-refractivity contribution in [2.24, 2.45) is 0 Å². The Kier molecular flexibility index (Phi) is 3.64. The fourth-order valence-electron chi connectivity index (χ4n) is 1.17. The number of hydrogen-bond acceptors (Lipinski definition) is 2. The fourth-order valence-corrected chi connectivity index (χ4v) is 1.17. The van der Waals surface area contributed by atoms with Gasteiger partial charge in [-0.25, -0.2) is 4.79 Å². The molecule has 1 N–H and O–H groups in total. The summed E-state index contributed by atoms with van der Waals surface area (Å²) >= 11 is 0. The second kappa shape index (κ2) is 4.80. The van der Waals surface area contributed by atoms with Gasteiger partial charge in [-0.15, -0.1) is 0 Å². The first-order chi connectivity index (χ1) is 5.83. The van der Waals surface area contributed by atoms with Crippen molar-refractivity contribution in [1.29, 1.82) is 0 Å². The van der Waals surface area contributed by atoms with Gasteiger partial charge in [0.25, 0.3) is 0 Å². The number of aryl methyl sites for hydroxylation is 1. The van der Waals surface area contributed by atoms with Gasteiger partial charge in [-0.2, -0.15) is 0 Å². The summed E-state index contributed by atoms with van der Waals surface area (Å²) in [5.74, 6) is 0.427.